The van der Waals surface area contributed by atoms with Crippen molar-refractivity contribution in [2.45, 2.75) is 6.54 Å². The molecule has 2 aromatic heterocycles. The summed E-state index contributed by atoms with van der Waals surface area (Å²) < 4.78 is 1.53. The first-order valence-electron chi connectivity index (χ1n) is 4.49. The summed E-state index contributed by atoms with van der Waals surface area (Å²) in [5.74, 6) is -0.483. The van der Waals surface area contributed by atoms with Crippen LogP contribution in [-0.2, 0) is 6.54 Å². The second-order valence-electron chi connectivity index (χ2n) is 3.06. The van der Waals surface area contributed by atoms with Crippen molar-refractivity contribution >= 4 is 5.91 Å². The summed E-state index contributed by atoms with van der Waals surface area (Å²) in [4.78, 5) is 15.2. The Morgan fingerprint density at radius 2 is 2.20 bits per heavy atom. The van der Waals surface area contributed by atoms with Crippen LogP contribution in [0.2, 0.25) is 0 Å². The Hall–Kier alpha value is -2.17. The molecule has 0 saturated carbocycles. The zero-order valence-electron chi connectivity index (χ0n) is 8.00. The predicted octanol–water partition coefficient (Wildman–Crippen LogP) is 0.425. The summed E-state index contributed by atoms with van der Waals surface area (Å²) in [7, 11) is 0. The van der Waals surface area contributed by atoms with Gasteiger partial charge in [-0.25, -0.2) is 0 Å². The van der Waals surface area contributed by atoms with Crippen molar-refractivity contribution in [3.8, 4) is 0 Å². The lowest BCUT2D eigenvalue weighted by Crippen LogP contribution is -2.18. The van der Waals surface area contributed by atoms with E-state index in [1.165, 1.54) is 4.68 Å². The van der Waals surface area contributed by atoms with Crippen molar-refractivity contribution in [2.75, 3.05) is 0 Å². The lowest BCUT2D eigenvalue weighted by atomic mass is 10.3. The fourth-order valence-corrected chi connectivity index (χ4v) is 1.31. The lowest BCUT2D eigenvalue weighted by Gasteiger charge is -2.03. The number of hydrogen-bond donors (Lipinski definition) is 1. The van der Waals surface area contributed by atoms with Crippen LogP contribution < -0.4 is 5.73 Å². The van der Waals surface area contributed by atoms with Gasteiger partial charge in [0.15, 0.2) is 0 Å². The van der Waals surface area contributed by atoms with Gasteiger partial charge in [-0.3, -0.25) is 14.5 Å². The van der Waals surface area contributed by atoms with Crippen LogP contribution in [0.4, 0.5) is 0 Å². The van der Waals surface area contributed by atoms with Gasteiger partial charge in [-0.2, -0.15) is 5.10 Å². The van der Waals surface area contributed by atoms with Crippen LogP contribution in [0.5, 0.6) is 0 Å². The second kappa shape index (κ2) is 3.91. The minimum Gasteiger partial charge on any atom is -0.364 e. The number of rotatable bonds is 3. The number of nitrogens with zero attached hydrogens (tertiary/aromatic N) is 3. The zero-order valence-corrected chi connectivity index (χ0v) is 8.00. The summed E-state index contributed by atoms with van der Waals surface area (Å²) in [5.41, 5.74) is 6.42. The fourth-order valence-electron chi connectivity index (χ4n) is 1.31. The SMILES string of the molecule is NC(=O)c1ccnn1Cc1ccccn1. The predicted molar refractivity (Wildman–Crippen MR) is 54.1 cm³/mol. The lowest BCUT2D eigenvalue weighted by molar-refractivity contribution is 0.0990. The number of carbonyl (C=O) groups is 1. The Morgan fingerprint density at radius 3 is 2.87 bits per heavy atom. The van der Waals surface area contributed by atoms with Crippen molar-refractivity contribution in [1.29, 1.82) is 0 Å². The molecule has 5 heteroatoms. The van der Waals surface area contributed by atoms with Crippen LogP contribution >= 0.6 is 0 Å². The Bertz CT molecular complexity index is 463. The van der Waals surface area contributed by atoms with E-state index in [4.69, 9.17) is 5.73 Å². The first-order valence-corrected chi connectivity index (χ1v) is 4.49. The van der Waals surface area contributed by atoms with Gasteiger partial charge in [-0.05, 0) is 18.2 Å². The zero-order chi connectivity index (χ0) is 10.7. The molecule has 0 radical (unpaired) electrons. The van der Waals surface area contributed by atoms with E-state index in [9.17, 15) is 4.79 Å². The average molecular weight is 202 g/mol. The molecule has 76 valence electrons. The molecule has 0 aliphatic carbocycles. The van der Waals surface area contributed by atoms with Crippen molar-refractivity contribution < 1.29 is 4.79 Å². The highest BCUT2D eigenvalue weighted by Gasteiger charge is 2.08. The van der Waals surface area contributed by atoms with Gasteiger partial charge < -0.3 is 5.73 Å². The molecular weight excluding hydrogens is 192 g/mol. The number of carbonyl (C=O) groups excluding carboxylic acids is 1. The molecular formula is C10H10N4O. The molecule has 15 heavy (non-hydrogen) atoms. The number of amides is 1. The van der Waals surface area contributed by atoms with Crippen molar-refractivity contribution in [1.82, 2.24) is 14.8 Å². The molecule has 5 nitrogen and oxygen atoms in total. The van der Waals surface area contributed by atoms with Gasteiger partial charge >= 0.3 is 0 Å². The molecule has 0 aromatic carbocycles. The number of nitrogens with two attached hydrogens (primary N) is 1. The minimum atomic E-state index is -0.483. The minimum absolute atomic E-state index is 0.389. The molecule has 0 spiro atoms. The summed E-state index contributed by atoms with van der Waals surface area (Å²) in [5, 5.41) is 4.01. The van der Waals surface area contributed by atoms with Gasteiger partial charge in [-0.15, -0.1) is 0 Å². The van der Waals surface area contributed by atoms with Gasteiger partial charge in [0.05, 0.1) is 12.2 Å². The topological polar surface area (TPSA) is 73.8 Å². The third kappa shape index (κ3) is 2.01. The highest BCUT2D eigenvalue weighted by Crippen LogP contribution is 2.02. The highest BCUT2D eigenvalue weighted by molar-refractivity contribution is 5.90. The van der Waals surface area contributed by atoms with E-state index in [-0.39, 0.29) is 0 Å². The van der Waals surface area contributed by atoms with Crippen LogP contribution in [0.15, 0.2) is 36.7 Å². The second-order valence-corrected chi connectivity index (χ2v) is 3.06. The van der Waals surface area contributed by atoms with E-state index < -0.39 is 5.91 Å². The third-order valence-corrected chi connectivity index (χ3v) is 2.01. The monoisotopic (exact) mass is 202 g/mol. The largest absolute Gasteiger partial charge is 0.364 e. The Labute approximate surface area is 86.5 Å². The van der Waals surface area contributed by atoms with Crippen LogP contribution in [0.25, 0.3) is 0 Å². The molecule has 1 amide bonds. The Kier molecular flexibility index (Phi) is 2.45. The number of primary amides is 1. The van der Waals surface area contributed by atoms with Crippen molar-refractivity contribution in [3.63, 3.8) is 0 Å². The van der Waals surface area contributed by atoms with E-state index in [2.05, 4.69) is 10.1 Å². The quantitative estimate of drug-likeness (QED) is 0.784. The molecule has 2 rings (SSSR count). The van der Waals surface area contributed by atoms with Gasteiger partial charge in [0.25, 0.3) is 5.91 Å². The molecule has 0 aliphatic heterocycles. The number of aromatic nitrogens is 3. The van der Waals surface area contributed by atoms with Gasteiger partial charge in [0, 0.05) is 12.4 Å². The van der Waals surface area contributed by atoms with Crippen LogP contribution in [0, 0.1) is 0 Å². The van der Waals surface area contributed by atoms with Gasteiger partial charge in [0.1, 0.15) is 5.69 Å². The van der Waals surface area contributed by atoms with Crippen LogP contribution in [0.1, 0.15) is 16.2 Å². The maximum absolute atomic E-state index is 11.0. The normalized spacial score (nSPS) is 10.1. The maximum atomic E-state index is 11.0. The Balaban J connectivity index is 2.25. The molecule has 0 aliphatic rings. The summed E-state index contributed by atoms with van der Waals surface area (Å²) in [6, 6.07) is 7.18. The summed E-state index contributed by atoms with van der Waals surface area (Å²) >= 11 is 0. The van der Waals surface area contributed by atoms with Crippen molar-refractivity contribution in [2.24, 2.45) is 5.73 Å². The van der Waals surface area contributed by atoms with Crippen LogP contribution in [-0.4, -0.2) is 20.7 Å². The van der Waals surface area contributed by atoms with E-state index in [1.54, 1.807) is 18.5 Å². The first kappa shape index (κ1) is 9.39. The molecule has 0 atom stereocenters. The number of pyridine rings is 1. The summed E-state index contributed by atoms with van der Waals surface area (Å²) in [6.45, 7) is 0.451. The number of hydrogen-bond acceptors (Lipinski definition) is 3. The molecule has 0 saturated heterocycles. The molecule has 0 bridgehead atoms. The first-order chi connectivity index (χ1) is 7.27. The van der Waals surface area contributed by atoms with Crippen LogP contribution in [0.3, 0.4) is 0 Å². The van der Waals surface area contributed by atoms with Crippen molar-refractivity contribution in [3.05, 3.63) is 48.0 Å². The maximum Gasteiger partial charge on any atom is 0.266 e. The molecule has 0 fully saturated rings. The molecule has 2 aromatic rings. The Morgan fingerprint density at radius 1 is 1.33 bits per heavy atom. The van der Waals surface area contributed by atoms with Gasteiger partial charge in [0.2, 0.25) is 0 Å². The van der Waals surface area contributed by atoms with E-state index in [0.717, 1.165) is 5.69 Å². The molecule has 2 heterocycles. The van der Waals surface area contributed by atoms with E-state index in [1.807, 2.05) is 18.2 Å². The van der Waals surface area contributed by atoms with E-state index in [0.29, 0.717) is 12.2 Å². The summed E-state index contributed by atoms with van der Waals surface area (Å²) in [6.07, 6.45) is 3.24. The average Bonchev–Trinajstić information content (AvgIpc) is 2.67. The van der Waals surface area contributed by atoms with Gasteiger partial charge in [-0.1, -0.05) is 6.07 Å². The highest BCUT2D eigenvalue weighted by atomic mass is 16.1. The fraction of sp³-hybridized carbons (Fsp3) is 0.100. The third-order valence-electron chi connectivity index (χ3n) is 2.01. The molecule has 2 N–H and O–H groups in total. The molecule has 0 unspecified atom stereocenters. The smallest absolute Gasteiger partial charge is 0.266 e. The van der Waals surface area contributed by atoms with E-state index >= 15 is 0 Å². The standard InChI is InChI=1S/C10H10N4O/c11-10(15)9-4-6-13-14(9)7-8-3-1-2-5-12-8/h1-6H,7H2,(H2,11,15).